The van der Waals surface area contributed by atoms with Crippen molar-refractivity contribution >= 4 is 11.9 Å². The van der Waals surface area contributed by atoms with E-state index in [-0.39, 0.29) is 19.1 Å². The van der Waals surface area contributed by atoms with E-state index < -0.39 is 5.97 Å². The van der Waals surface area contributed by atoms with Crippen LogP contribution in [0.1, 0.15) is 5.56 Å². The predicted octanol–water partition coefficient (Wildman–Crippen LogP) is 2.23. The summed E-state index contributed by atoms with van der Waals surface area (Å²) in [5.41, 5.74) is 1.04. The fourth-order valence-corrected chi connectivity index (χ4v) is 2.33. The third kappa shape index (κ3) is 5.84. The molecule has 0 saturated carbocycles. The van der Waals surface area contributed by atoms with Crippen LogP contribution in [0.2, 0.25) is 0 Å². The molecule has 0 atom stereocenters. The van der Waals surface area contributed by atoms with Crippen LogP contribution in [0, 0.1) is 0 Å². The van der Waals surface area contributed by atoms with Gasteiger partial charge in [-0.05, 0) is 24.1 Å². The number of carbonyl (C=O) groups excluding carboxylic acids is 1. The van der Waals surface area contributed by atoms with E-state index in [0.717, 1.165) is 5.56 Å². The second kappa shape index (κ2) is 9.32. The number of hydrogen-bond acceptors (Lipinski definition) is 4. The highest BCUT2D eigenvalue weighted by atomic mass is 16.5. The maximum atomic E-state index is 12.4. The molecule has 0 spiro atoms. The van der Waals surface area contributed by atoms with E-state index in [9.17, 15) is 9.59 Å². The Morgan fingerprint density at radius 3 is 2.28 bits per heavy atom. The molecule has 0 heterocycles. The topological polar surface area (TPSA) is 76.1 Å². The maximum absolute atomic E-state index is 12.4. The van der Waals surface area contributed by atoms with Crippen molar-refractivity contribution in [2.45, 2.75) is 6.42 Å². The number of carboxylic acid groups (broad SMARTS) is 1. The van der Waals surface area contributed by atoms with Crippen LogP contribution in [-0.2, 0) is 16.0 Å². The summed E-state index contributed by atoms with van der Waals surface area (Å²) in [4.78, 5) is 24.7. The van der Waals surface area contributed by atoms with Crippen molar-refractivity contribution in [1.29, 1.82) is 0 Å². The minimum atomic E-state index is -1.06. The first kappa shape index (κ1) is 18.3. The largest absolute Gasteiger partial charge is 0.493 e. The molecule has 0 unspecified atom stereocenters. The van der Waals surface area contributed by atoms with Crippen LogP contribution in [0.15, 0.2) is 54.6 Å². The molecule has 0 saturated heterocycles. The van der Waals surface area contributed by atoms with Gasteiger partial charge in [-0.2, -0.15) is 0 Å². The van der Waals surface area contributed by atoms with Crippen LogP contribution in [-0.4, -0.2) is 48.7 Å². The number of hydrogen-bond donors (Lipinski definition) is 1. The van der Waals surface area contributed by atoms with Gasteiger partial charge < -0.3 is 19.5 Å². The number of aliphatic carboxylic acids is 1. The number of carboxylic acids is 1. The Kier molecular flexibility index (Phi) is 6.83. The summed E-state index contributed by atoms with van der Waals surface area (Å²) in [5.74, 6) is -0.482. The fourth-order valence-electron chi connectivity index (χ4n) is 2.33. The molecule has 25 heavy (non-hydrogen) atoms. The van der Waals surface area contributed by atoms with Gasteiger partial charge in [0, 0.05) is 6.54 Å². The van der Waals surface area contributed by atoms with Crippen LogP contribution in [0.5, 0.6) is 11.5 Å². The first-order valence-corrected chi connectivity index (χ1v) is 7.89. The Morgan fingerprint density at radius 2 is 1.64 bits per heavy atom. The molecule has 0 bridgehead atoms. The van der Waals surface area contributed by atoms with E-state index in [1.54, 1.807) is 24.3 Å². The van der Waals surface area contributed by atoms with Gasteiger partial charge >= 0.3 is 5.97 Å². The van der Waals surface area contributed by atoms with Crippen molar-refractivity contribution in [3.63, 3.8) is 0 Å². The zero-order chi connectivity index (χ0) is 18.1. The molecule has 2 rings (SSSR count). The average Bonchev–Trinajstić information content (AvgIpc) is 2.64. The maximum Gasteiger partial charge on any atom is 0.323 e. The van der Waals surface area contributed by atoms with Gasteiger partial charge in [0.05, 0.1) is 7.11 Å². The molecule has 0 aliphatic heterocycles. The number of carbonyl (C=O) groups is 2. The molecule has 0 aliphatic rings. The normalized spacial score (nSPS) is 10.1. The Morgan fingerprint density at radius 1 is 1.00 bits per heavy atom. The van der Waals surface area contributed by atoms with Crippen molar-refractivity contribution in [2.75, 3.05) is 26.8 Å². The number of methoxy groups -OCH3 is 1. The number of nitrogens with zero attached hydrogens (tertiary/aromatic N) is 1. The Bertz CT molecular complexity index is 702. The number of rotatable bonds is 9. The lowest BCUT2D eigenvalue weighted by Crippen LogP contribution is -2.40. The van der Waals surface area contributed by atoms with E-state index in [0.29, 0.717) is 24.5 Å². The van der Waals surface area contributed by atoms with Gasteiger partial charge in [0.25, 0.3) is 5.91 Å². The summed E-state index contributed by atoms with van der Waals surface area (Å²) in [6, 6.07) is 16.6. The number of amides is 1. The fraction of sp³-hybridized carbons (Fsp3) is 0.263. The second-order valence-corrected chi connectivity index (χ2v) is 5.38. The molecule has 6 nitrogen and oxygen atoms in total. The zero-order valence-corrected chi connectivity index (χ0v) is 14.1. The van der Waals surface area contributed by atoms with Crippen molar-refractivity contribution in [3.05, 3.63) is 60.2 Å². The lowest BCUT2D eigenvalue weighted by atomic mass is 10.1. The van der Waals surface area contributed by atoms with Crippen LogP contribution in [0.3, 0.4) is 0 Å². The highest BCUT2D eigenvalue weighted by Crippen LogP contribution is 2.25. The molecule has 0 aliphatic carbocycles. The molecule has 132 valence electrons. The molecule has 1 N–H and O–H groups in total. The summed E-state index contributed by atoms with van der Waals surface area (Å²) in [7, 11) is 1.51. The summed E-state index contributed by atoms with van der Waals surface area (Å²) in [6.45, 7) is -0.298. The van der Waals surface area contributed by atoms with Gasteiger partial charge in [-0.3, -0.25) is 9.59 Å². The number of ether oxygens (including phenoxy) is 2. The standard InChI is InChI=1S/C19H21NO5/c1-24-16-9-5-6-10-17(16)25-14-18(21)20(13-19(22)23)12-11-15-7-3-2-4-8-15/h2-10H,11-14H2,1H3,(H,22,23). The van der Waals surface area contributed by atoms with Gasteiger partial charge in [0.2, 0.25) is 0 Å². The molecule has 0 aromatic heterocycles. The first-order chi connectivity index (χ1) is 12.1. The minimum Gasteiger partial charge on any atom is -0.493 e. The molecule has 0 fully saturated rings. The van der Waals surface area contributed by atoms with Crippen molar-refractivity contribution < 1.29 is 24.2 Å². The van der Waals surface area contributed by atoms with Crippen molar-refractivity contribution in [1.82, 2.24) is 4.90 Å². The van der Waals surface area contributed by atoms with Gasteiger partial charge in [0.1, 0.15) is 6.54 Å². The SMILES string of the molecule is COc1ccccc1OCC(=O)N(CCc1ccccc1)CC(=O)O. The summed E-state index contributed by atoms with van der Waals surface area (Å²) in [5, 5.41) is 9.04. The minimum absolute atomic E-state index is 0.248. The Labute approximate surface area is 146 Å². The summed E-state index contributed by atoms with van der Waals surface area (Å²) < 4.78 is 10.7. The van der Waals surface area contributed by atoms with E-state index >= 15 is 0 Å². The second-order valence-electron chi connectivity index (χ2n) is 5.38. The van der Waals surface area contributed by atoms with Gasteiger partial charge in [-0.15, -0.1) is 0 Å². The van der Waals surface area contributed by atoms with Gasteiger partial charge in [0.15, 0.2) is 18.1 Å². The molecule has 0 radical (unpaired) electrons. The summed E-state index contributed by atoms with van der Waals surface area (Å²) in [6.07, 6.45) is 0.578. The predicted molar refractivity (Wildman–Crippen MR) is 92.9 cm³/mol. The van der Waals surface area contributed by atoms with E-state index in [1.165, 1.54) is 12.0 Å². The van der Waals surface area contributed by atoms with Gasteiger partial charge in [-0.1, -0.05) is 42.5 Å². The molecule has 6 heteroatoms. The highest BCUT2D eigenvalue weighted by Gasteiger charge is 2.18. The van der Waals surface area contributed by atoms with E-state index in [4.69, 9.17) is 14.6 Å². The molecular weight excluding hydrogens is 322 g/mol. The number of para-hydroxylation sites is 2. The highest BCUT2D eigenvalue weighted by molar-refractivity contribution is 5.82. The third-order valence-corrected chi connectivity index (χ3v) is 3.61. The molecule has 1 amide bonds. The molecule has 2 aromatic carbocycles. The lowest BCUT2D eigenvalue weighted by molar-refractivity contribution is -0.145. The summed E-state index contributed by atoms with van der Waals surface area (Å²) >= 11 is 0. The number of benzene rings is 2. The molecular formula is C19H21NO5. The van der Waals surface area contributed by atoms with Crippen LogP contribution in [0.25, 0.3) is 0 Å². The quantitative estimate of drug-likeness (QED) is 0.756. The van der Waals surface area contributed by atoms with Crippen LogP contribution in [0.4, 0.5) is 0 Å². The zero-order valence-electron chi connectivity index (χ0n) is 14.1. The Balaban J connectivity index is 1.96. The van der Waals surface area contributed by atoms with E-state index in [2.05, 4.69) is 0 Å². The van der Waals surface area contributed by atoms with E-state index in [1.807, 2.05) is 30.3 Å². The lowest BCUT2D eigenvalue weighted by Gasteiger charge is -2.21. The monoisotopic (exact) mass is 343 g/mol. The third-order valence-electron chi connectivity index (χ3n) is 3.61. The average molecular weight is 343 g/mol. The van der Waals surface area contributed by atoms with Crippen LogP contribution < -0.4 is 9.47 Å². The molecule has 2 aromatic rings. The first-order valence-electron chi connectivity index (χ1n) is 7.89. The Hall–Kier alpha value is -3.02. The smallest absolute Gasteiger partial charge is 0.323 e. The van der Waals surface area contributed by atoms with Gasteiger partial charge in [-0.25, -0.2) is 0 Å². The van der Waals surface area contributed by atoms with Crippen molar-refractivity contribution in [3.8, 4) is 11.5 Å². The van der Waals surface area contributed by atoms with Crippen LogP contribution >= 0.6 is 0 Å². The van der Waals surface area contributed by atoms with Crippen molar-refractivity contribution in [2.24, 2.45) is 0 Å².